The van der Waals surface area contributed by atoms with Gasteiger partial charge in [0, 0.05) is 28.0 Å². The zero-order valence-electron chi connectivity index (χ0n) is 18.6. The molecule has 0 saturated carbocycles. The van der Waals surface area contributed by atoms with E-state index in [1.54, 1.807) is 6.26 Å². The lowest BCUT2D eigenvalue weighted by atomic mass is 9.95. The molecule has 0 spiro atoms. The van der Waals surface area contributed by atoms with Crippen LogP contribution in [0.2, 0.25) is 0 Å². The summed E-state index contributed by atoms with van der Waals surface area (Å²) in [6.07, 6.45) is 10.6. The highest BCUT2D eigenvalue weighted by Gasteiger charge is 2.12. The van der Waals surface area contributed by atoms with Gasteiger partial charge in [0.05, 0.1) is 6.26 Å². The molecule has 0 atom stereocenters. The minimum Gasteiger partial charge on any atom is -0.464 e. The SMILES string of the molecule is CCCCCCCCc1cc2ccc3c4ccc5c(ccc6ccoc65)c4ccc3c2o1. The smallest absolute Gasteiger partial charge is 0.142 e. The van der Waals surface area contributed by atoms with Gasteiger partial charge in [-0.15, -0.1) is 0 Å². The highest BCUT2D eigenvalue weighted by molar-refractivity contribution is 6.23. The molecule has 0 amide bonds. The van der Waals surface area contributed by atoms with Crippen LogP contribution in [0.1, 0.15) is 51.2 Å². The second kappa shape index (κ2) is 8.02. The highest BCUT2D eigenvalue weighted by Crippen LogP contribution is 2.37. The minimum atomic E-state index is 0.963. The van der Waals surface area contributed by atoms with E-state index in [2.05, 4.69) is 61.5 Å². The fraction of sp³-hybridized carbons (Fsp3) is 0.267. The number of benzene rings is 4. The summed E-state index contributed by atoms with van der Waals surface area (Å²) in [6, 6.07) is 22.0. The van der Waals surface area contributed by atoms with Gasteiger partial charge in [0.1, 0.15) is 16.9 Å². The van der Waals surface area contributed by atoms with Crippen LogP contribution >= 0.6 is 0 Å². The maximum Gasteiger partial charge on any atom is 0.142 e. The van der Waals surface area contributed by atoms with Gasteiger partial charge in [-0.3, -0.25) is 0 Å². The topological polar surface area (TPSA) is 26.3 Å². The molecule has 32 heavy (non-hydrogen) atoms. The number of hydrogen-bond acceptors (Lipinski definition) is 2. The second-order valence-electron chi connectivity index (χ2n) is 9.04. The predicted molar refractivity (Wildman–Crippen MR) is 136 cm³/mol. The van der Waals surface area contributed by atoms with E-state index in [1.165, 1.54) is 76.2 Å². The summed E-state index contributed by atoms with van der Waals surface area (Å²) < 4.78 is 12.2. The zero-order chi connectivity index (χ0) is 21.5. The molecule has 2 heteroatoms. The van der Waals surface area contributed by atoms with Crippen molar-refractivity contribution in [2.75, 3.05) is 0 Å². The maximum absolute atomic E-state index is 6.38. The molecule has 0 bridgehead atoms. The van der Waals surface area contributed by atoms with Crippen molar-refractivity contribution < 1.29 is 8.83 Å². The van der Waals surface area contributed by atoms with E-state index < -0.39 is 0 Å². The molecule has 6 rings (SSSR count). The molecule has 2 aromatic heterocycles. The molecular formula is C30H28O2. The monoisotopic (exact) mass is 420 g/mol. The first-order valence-electron chi connectivity index (χ1n) is 12.0. The van der Waals surface area contributed by atoms with E-state index in [4.69, 9.17) is 8.83 Å². The van der Waals surface area contributed by atoms with Crippen LogP contribution < -0.4 is 0 Å². The number of hydrogen-bond donors (Lipinski definition) is 0. The quantitative estimate of drug-likeness (QED) is 0.190. The first-order chi connectivity index (χ1) is 15.8. The number of rotatable bonds is 7. The van der Waals surface area contributed by atoms with Crippen LogP contribution in [0.3, 0.4) is 0 Å². The lowest BCUT2D eigenvalue weighted by Crippen LogP contribution is -1.83. The zero-order valence-corrected chi connectivity index (χ0v) is 18.6. The lowest BCUT2D eigenvalue weighted by Gasteiger charge is -2.08. The second-order valence-corrected chi connectivity index (χ2v) is 9.04. The van der Waals surface area contributed by atoms with Crippen molar-refractivity contribution in [1.29, 1.82) is 0 Å². The normalized spacial score (nSPS) is 12.2. The van der Waals surface area contributed by atoms with Gasteiger partial charge < -0.3 is 8.83 Å². The van der Waals surface area contributed by atoms with E-state index in [0.29, 0.717) is 0 Å². The maximum atomic E-state index is 6.38. The first kappa shape index (κ1) is 19.4. The first-order valence-corrected chi connectivity index (χ1v) is 12.0. The van der Waals surface area contributed by atoms with Crippen molar-refractivity contribution in [1.82, 2.24) is 0 Å². The third kappa shape index (κ3) is 3.17. The Balaban J connectivity index is 1.40. The van der Waals surface area contributed by atoms with Crippen molar-refractivity contribution in [3.8, 4) is 0 Å². The Hall–Kier alpha value is -3.26. The summed E-state index contributed by atoms with van der Waals surface area (Å²) in [4.78, 5) is 0. The van der Waals surface area contributed by atoms with Crippen molar-refractivity contribution in [2.24, 2.45) is 0 Å². The Morgan fingerprint density at radius 3 is 1.94 bits per heavy atom. The van der Waals surface area contributed by atoms with Gasteiger partial charge in [-0.2, -0.15) is 0 Å². The molecule has 4 aromatic carbocycles. The molecule has 0 radical (unpaired) electrons. The molecule has 2 nitrogen and oxygen atoms in total. The van der Waals surface area contributed by atoms with Crippen LogP contribution in [0.4, 0.5) is 0 Å². The van der Waals surface area contributed by atoms with Crippen LogP contribution in [0.25, 0.3) is 54.3 Å². The summed E-state index contributed by atoms with van der Waals surface area (Å²) in [5.74, 6) is 1.11. The third-order valence-corrected chi connectivity index (χ3v) is 6.92. The van der Waals surface area contributed by atoms with Crippen LogP contribution in [-0.2, 0) is 6.42 Å². The Kier molecular flexibility index (Phi) is 4.87. The van der Waals surface area contributed by atoms with E-state index in [9.17, 15) is 0 Å². The Morgan fingerprint density at radius 1 is 0.562 bits per heavy atom. The van der Waals surface area contributed by atoms with Crippen LogP contribution in [0.5, 0.6) is 0 Å². The van der Waals surface area contributed by atoms with E-state index in [0.717, 1.165) is 28.7 Å². The van der Waals surface area contributed by atoms with Gasteiger partial charge in [-0.1, -0.05) is 75.4 Å². The summed E-state index contributed by atoms with van der Waals surface area (Å²) in [5, 5.41) is 9.71. The van der Waals surface area contributed by atoms with Crippen LogP contribution in [0.15, 0.2) is 75.8 Å². The number of unbranched alkanes of at least 4 members (excludes halogenated alkanes) is 5. The van der Waals surface area contributed by atoms with Gasteiger partial charge in [-0.05, 0) is 52.2 Å². The lowest BCUT2D eigenvalue weighted by molar-refractivity contribution is 0.523. The van der Waals surface area contributed by atoms with Gasteiger partial charge in [0.15, 0.2) is 0 Å². The molecule has 2 heterocycles. The molecular weight excluding hydrogens is 392 g/mol. The third-order valence-electron chi connectivity index (χ3n) is 6.92. The summed E-state index contributed by atoms with van der Waals surface area (Å²) in [7, 11) is 0. The minimum absolute atomic E-state index is 0.963. The largest absolute Gasteiger partial charge is 0.464 e. The number of aryl methyl sites for hydroxylation is 1. The molecule has 0 fully saturated rings. The van der Waals surface area contributed by atoms with Gasteiger partial charge in [0.2, 0.25) is 0 Å². The molecule has 0 aliphatic rings. The van der Waals surface area contributed by atoms with E-state index in [-0.39, 0.29) is 0 Å². The van der Waals surface area contributed by atoms with Crippen LogP contribution in [0, 0.1) is 0 Å². The molecule has 160 valence electrons. The fourth-order valence-corrected chi connectivity index (χ4v) is 5.22. The van der Waals surface area contributed by atoms with Gasteiger partial charge in [-0.25, -0.2) is 0 Å². The average Bonchev–Trinajstić information content (AvgIpc) is 3.47. The fourth-order valence-electron chi connectivity index (χ4n) is 5.22. The molecule has 0 unspecified atom stereocenters. The summed E-state index contributed by atoms with van der Waals surface area (Å²) >= 11 is 0. The summed E-state index contributed by atoms with van der Waals surface area (Å²) in [6.45, 7) is 2.27. The van der Waals surface area contributed by atoms with E-state index in [1.807, 2.05) is 6.07 Å². The molecule has 0 N–H and O–H groups in total. The van der Waals surface area contributed by atoms with Crippen molar-refractivity contribution in [2.45, 2.75) is 51.9 Å². The molecule has 0 saturated heterocycles. The standard InChI is InChI=1S/C30H28O2/c1-2-3-4-5-6-7-8-22-19-21-10-12-26-24-13-15-27-25(11-9-20-17-18-31-29(20)27)23(24)14-16-28(26)30(21)32-22/h9-19H,2-8H2,1H3. The summed E-state index contributed by atoms with van der Waals surface area (Å²) in [5.41, 5.74) is 1.98. The Labute approximate surface area is 187 Å². The van der Waals surface area contributed by atoms with Gasteiger partial charge >= 0.3 is 0 Å². The van der Waals surface area contributed by atoms with E-state index >= 15 is 0 Å². The predicted octanol–water partition coefficient (Wildman–Crippen LogP) is 9.54. The van der Waals surface area contributed by atoms with Crippen molar-refractivity contribution >= 4 is 54.3 Å². The van der Waals surface area contributed by atoms with Crippen molar-refractivity contribution in [3.05, 3.63) is 72.7 Å². The van der Waals surface area contributed by atoms with Crippen molar-refractivity contribution in [3.63, 3.8) is 0 Å². The molecule has 6 aromatic rings. The Morgan fingerprint density at radius 2 is 1.16 bits per heavy atom. The number of furan rings is 2. The van der Waals surface area contributed by atoms with Crippen LogP contribution in [-0.4, -0.2) is 0 Å². The highest BCUT2D eigenvalue weighted by atomic mass is 16.3. The average molecular weight is 421 g/mol. The molecule has 0 aliphatic heterocycles. The van der Waals surface area contributed by atoms with Gasteiger partial charge in [0.25, 0.3) is 0 Å². The Bertz CT molecular complexity index is 1560. The number of fused-ring (bicyclic) bond motifs is 9. The molecule has 0 aliphatic carbocycles.